The maximum absolute atomic E-state index is 14.1. The highest BCUT2D eigenvalue weighted by molar-refractivity contribution is 6.24. The first kappa shape index (κ1) is 28.5. The van der Waals surface area contributed by atoms with Crippen LogP contribution in [-0.4, -0.2) is 83.1 Å². The normalized spacial score (nSPS) is 27.2. The molecule has 1 aromatic carbocycles. The SMILES string of the molecule is CN(C)C[C@@H]1C(O)=C(C(N)=O)C(=O)[C@@]2(O)C(O)=C3C(=O)c4c(O)c(C#CC5=CCCC5)cc(N(C)C)c4C[C@H]3C[C@@H]12. The van der Waals surface area contributed by atoms with E-state index in [4.69, 9.17) is 5.73 Å². The fraction of sp³-hybridized carbons (Fsp3) is 0.452. The number of carbonyl (C=O) groups is 3. The molecule has 0 unspecified atom stereocenters. The van der Waals surface area contributed by atoms with E-state index in [0.29, 0.717) is 11.3 Å². The first-order chi connectivity index (χ1) is 19.3. The van der Waals surface area contributed by atoms with Crippen molar-refractivity contribution in [3.8, 4) is 17.6 Å². The van der Waals surface area contributed by atoms with E-state index in [1.165, 1.54) is 0 Å². The number of Topliss-reactive ketones (excluding diaryl/α,β-unsaturated/α-hetero) is 2. The van der Waals surface area contributed by atoms with Gasteiger partial charge >= 0.3 is 0 Å². The second-order valence-electron chi connectivity index (χ2n) is 11.8. The lowest BCUT2D eigenvalue weighted by molar-refractivity contribution is -0.148. The zero-order chi connectivity index (χ0) is 30.0. The third-order valence-corrected chi connectivity index (χ3v) is 8.76. The highest BCUT2D eigenvalue weighted by Gasteiger charge is 2.62. The maximum Gasteiger partial charge on any atom is 0.255 e. The van der Waals surface area contributed by atoms with E-state index in [1.54, 1.807) is 25.1 Å². The Kier molecular flexibility index (Phi) is 7.00. The van der Waals surface area contributed by atoms with E-state index in [1.807, 2.05) is 25.1 Å². The third-order valence-electron chi connectivity index (χ3n) is 8.76. The van der Waals surface area contributed by atoms with Crippen molar-refractivity contribution in [3.63, 3.8) is 0 Å². The summed E-state index contributed by atoms with van der Waals surface area (Å²) >= 11 is 0. The smallest absolute Gasteiger partial charge is 0.255 e. The largest absolute Gasteiger partial charge is 0.511 e. The van der Waals surface area contributed by atoms with Gasteiger partial charge in [-0.05, 0) is 69.3 Å². The summed E-state index contributed by atoms with van der Waals surface area (Å²) in [4.78, 5) is 43.4. The van der Waals surface area contributed by atoms with Gasteiger partial charge in [-0.15, -0.1) is 0 Å². The van der Waals surface area contributed by atoms with Crippen LogP contribution in [0, 0.1) is 29.6 Å². The van der Waals surface area contributed by atoms with Crippen LogP contribution in [0.4, 0.5) is 5.69 Å². The zero-order valence-corrected chi connectivity index (χ0v) is 23.6. The van der Waals surface area contributed by atoms with Crippen molar-refractivity contribution < 1.29 is 34.8 Å². The summed E-state index contributed by atoms with van der Waals surface area (Å²) in [7, 11) is 7.09. The van der Waals surface area contributed by atoms with Crippen molar-refractivity contribution >= 4 is 23.2 Å². The minimum Gasteiger partial charge on any atom is -0.511 e. The van der Waals surface area contributed by atoms with Gasteiger partial charge in [-0.1, -0.05) is 17.9 Å². The number of carbonyl (C=O) groups excluding carboxylic acids is 3. The van der Waals surface area contributed by atoms with Gasteiger partial charge in [0.15, 0.2) is 11.4 Å². The second kappa shape index (κ2) is 10.1. The predicted molar refractivity (Wildman–Crippen MR) is 151 cm³/mol. The van der Waals surface area contributed by atoms with Crippen molar-refractivity contribution in [2.75, 3.05) is 39.6 Å². The highest BCUT2D eigenvalue weighted by Crippen LogP contribution is 2.54. The molecule has 5 rings (SSSR count). The van der Waals surface area contributed by atoms with Crippen molar-refractivity contribution in [1.29, 1.82) is 0 Å². The Balaban J connectivity index is 1.70. The molecule has 216 valence electrons. The van der Waals surface area contributed by atoms with Gasteiger partial charge in [0.05, 0.1) is 11.1 Å². The van der Waals surface area contributed by atoms with Crippen molar-refractivity contribution in [3.05, 3.63) is 57.1 Å². The van der Waals surface area contributed by atoms with Crippen LogP contribution in [0.1, 0.15) is 47.2 Å². The number of amides is 1. The van der Waals surface area contributed by atoms with E-state index in [-0.39, 0.29) is 41.8 Å². The van der Waals surface area contributed by atoms with E-state index in [0.717, 1.165) is 24.8 Å². The third kappa shape index (κ3) is 4.31. The monoisotopic (exact) mass is 561 g/mol. The zero-order valence-electron chi connectivity index (χ0n) is 23.6. The fourth-order valence-corrected chi connectivity index (χ4v) is 6.86. The number of aliphatic hydroxyl groups excluding tert-OH is 2. The quantitative estimate of drug-likeness (QED) is 0.273. The molecule has 0 saturated heterocycles. The lowest BCUT2D eigenvalue weighted by Crippen LogP contribution is -2.61. The molecular formula is C31H35N3O7. The number of allylic oxidation sites excluding steroid dienone is 3. The van der Waals surface area contributed by atoms with Crippen LogP contribution in [0.3, 0.4) is 0 Å². The van der Waals surface area contributed by atoms with Crippen LogP contribution in [-0.2, 0) is 16.0 Å². The van der Waals surface area contributed by atoms with E-state index >= 15 is 0 Å². The first-order valence-corrected chi connectivity index (χ1v) is 13.7. The molecule has 0 aromatic heterocycles. The number of aromatic hydroxyl groups is 1. The molecular weight excluding hydrogens is 526 g/mol. The fourth-order valence-electron chi connectivity index (χ4n) is 6.86. The molecule has 1 amide bonds. The Morgan fingerprint density at radius 1 is 1.15 bits per heavy atom. The first-order valence-electron chi connectivity index (χ1n) is 13.7. The summed E-state index contributed by atoms with van der Waals surface area (Å²) in [5.74, 6) is -1.44. The van der Waals surface area contributed by atoms with Gasteiger partial charge in [0.2, 0.25) is 5.78 Å². The minimum absolute atomic E-state index is 0.0395. The maximum atomic E-state index is 14.1. The number of primary amides is 1. The number of hydrogen-bond donors (Lipinski definition) is 5. The summed E-state index contributed by atoms with van der Waals surface area (Å²) in [5, 5.41) is 45.7. The van der Waals surface area contributed by atoms with E-state index in [2.05, 4.69) is 11.8 Å². The van der Waals surface area contributed by atoms with Gasteiger partial charge in [-0.2, -0.15) is 0 Å². The molecule has 0 spiro atoms. The molecule has 0 bridgehead atoms. The van der Waals surface area contributed by atoms with Crippen LogP contribution < -0.4 is 10.6 Å². The Hall–Kier alpha value is -4.07. The average molecular weight is 562 g/mol. The van der Waals surface area contributed by atoms with Crippen LogP contribution in [0.5, 0.6) is 5.75 Å². The lowest BCUT2D eigenvalue weighted by atomic mass is 9.57. The predicted octanol–water partition coefficient (Wildman–Crippen LogP) is 1.90. The highest BCUT2D eigenvalue weighted by atomic mass is 16.3. The number of fused-ring (bicyclic) bond motifs is 3. The summed E-state index contributed by atoms with van der Waals surface area (Å²) in [5.41, 5.74) is 4.21. The number of anilines is 1. The molecule has 4 atom stereocenters. The number of rotatable bonds is 4. The number of phenolic OH excluding ortho intramolecular Hbond substituents is 1. The van der Waals surface area contributed by atoms with Gasteiger partial charge in [0, 0.05) is 43.7 Å². The van der Waals surface area contributed by atoms with E-state index in [9.17, 15) is 34.8 Å². The Morgan fingerprint density at radius 2 is 1.85 bits per heavy atom. The molecule has 1 aromatic rings. The molecule has 6 N–H and O–H groups in total. The van der Waals surface area contributed by atoms with Gasteiger partial charge < -0.3 is 36.0 Å². The summed E-state index contributed by atoms with van der Waals surface area (Å²) < 4.78 is 0. The average Bonchev–Trinajstić information content (AvgIpc) is 3.41. The van der Waals surface area contributed by atoms with Crippen molar-refractivity contribution in [2.24, 2.45) is 23.5 Å². The summed E-state index contributed by atoms with van der Waals surface area (Å²) in [6.45, 7) is 0.144. The molecule has 4 aliphatic carbocycles. The number of aliphatic hydroxyl groups is 3. The molecule has 10 nitrogen and oxygen atoms in total. The molecule has 4 aliphatic rings. The van der Waals surface area contributed by atoms with Gasteiger partial charge in [0.1, 0.15) is 22.8 Å². The Bertz CT molecular complexity index is 1540. The van der Waals surface area contributed by atoms with Crippen LogP contribution in [0.25, 0.3) is 0 Å². The second-order valence-corrected chi connectivity index (χ2v) is 11.8. The van der Waals surface area contributed by atoms with Crippen molar-refractivity contribution in [2.45, 2.75) is 37.7 Å². The Morgan fingerprint density at radius 3 is 2.44 bits per heavy atom. The summed E-state index contributed by atoms with van der Waals surface area (Å²) in [6.07, 6.45) is 5.14. The number of benzene rings is 1. The molecule has 41 heavy (non-hydrogen) atoms. The standard InChI is InChI=1S/C31H35N3O7/c1-33(2)14-19-20-12-17-11-18-21(34(3)4)13-16(10-9-15-7-5-6-8-15)25(35)23(18)27(37)22(17)28(38)31(20,41)29(39)24(26(19)36)30(32)40/h7,13,17,19-20,35-36,38,41H,5-6,8,11-12,14H2,1-4H3,(H2,32,40)/t17-,19-,20-,31-/m0/s1. The molecule has 0 aliphatic heterocycles. The van der Waals surface area contributed by atoms with Gasteiger partial charge in [-0.25, -0.2) is 0 Å². The number of nitrogens with two attached hydrogens (primary N) is 1. The van der Waals surface area contributed by atoms with Crippen LogP contribution >= 0.6 is 0 Å². The van der Waals surface area contributed by atoms with Crippen molar-refractivity contribution in [1.82, 2.24) is 4.90 Å². The summed E-state index contributed by atoms with van der Waals surface area (Å²) in [6, 6.07) is 1.74. The number of phenols is 1. The molecule has 0 radical (unpaired) electrons. The molecule has 0 heterocycles. The van der Waals surface area contributed by atoms with E-state index < -0.39 is 57.9 Å². The van der Waals surface area contributed by atoms with Crippen LogP contribution in [0.2, 0.25) is 0 Å². The number of nitrogens with zero attached hydrogens (tertiary/aromatic N) is 2. The Labute approximate surface area is 238 Å². The number of hydrogen-bond acceptors (Lipinski definition) is 9. The van der Waals surface area contributed by atoms with Gasteiger partial charge in [-0.3, -0.25) is 14.4 Å². The van der Waals surface area contributed by atoms with Crippen LogP contribution in [0.15, 0.2) is 40.4 Å². The topological polar surface area (TPSA) is 165 Å². The minimum atomic E-state index is -2.65. The molecule has 0 fully saturated rings. The number of ketones is 2. The van der Waals surface area contributed by atoms with Gasteiger partial charge in [0.25, 0.3) is 5.91 Å². The lowest BCUT2D eigenvalue weighted by Gasteiger charge is -2.49. The molecule has 10 heteroatoms. The molecule has 0 saturated carbocycles.